The number of carbonyl (C=O) groups is 1. The molecule has 3 heterocycles. The van der Waals surface area contributed by atoms with Gasteiger partial charge < -0.3 is 10.1 Å². The van der Waals surface area contributed by atoms with E-state index in [0.29, 0.717) is 6.54 Å². The van der Waals surface area contributed by atoms with E-state index in [-0.39, 0.29) is 5.91 Å². The van der Waals surface area contributed by atoms with Gasteiger partial charge >= 0.3 is 0 Å². The molecule has 0 saturated carbocycles. The van der Waals surface area contributed by atoms with E-state index in [9.17, 15) is 4.79 Å². The largest absolute Gasteiger partial charge is 0.379 e. The molecule has 134 valence electrons. The van der Waals surface area contributed by atoms with Gasteiger partial charge in [0.1, 0.15) is 9.88 Å². The van der Waals surface area contributed by atoms with Crippen LogP contribution in [0, 0.1) is 6.92 Å². The molecule has 0 spiro atoms. The Morgan fingerprint density at radius 3 is 2.67 bits per heavy atom. The van der Waals surface area contributed by atoms with Gasteiger partial charge in [0.2, 0.25) is 0 Å². The zero-order valence-corrected chi connectivity index (χ0v) is 15.4. The molecule has 1 N–H and O–H groups in total. The lowest BCUT2D eigenvalue weighted by atomic mass is 10.1. The van der Waals surface area contributed by atoms with Crippen LogP contribution in [0.3, 0.4) is 0 Å². The summed E-state index contributed by atoms with van der Waals surface area (Å²) in [5.41, 5.74) is 0.857. The van der Waals surface area contributed by atoms with E-state index in [4.69, 9.17) is 4.74 Å². The molecule has 0 bridgehead atoms. The van der Waals surface area contributed by atoms with Crippen molar-refractivity contribution in [2.24, 2.45) is 0 Å². The van der Waals surface area contributed by atoms with Crippen molar-refractivity contribution in [1.29, 1.82) is 0 Å². The van der Waals surface area contributed by atoms with Crippen LogP contribution < -0.4 is 5.32 Å². The number of thiazole rings is 1. The second-order valence-corrected chi connectivity index (χ2v) is 7.65. The highest BCUT2D eigenvalue weighted by Gasteiger charge is 2.18. The monoisotopic (exact) mass is 352 g/mol. The van der Waals surface area contributed by atoms with Crippen LogP contribution in [0.4, 0.5) is 0 Å². The van der Waals surface area contributed by atoms with Gasteiger partial charge in [-0.25, -0.2) is 4.98 Å². The number of nitrogens with zero attached hydrogens (tertiary/aromatic N) is 3. The number of hydrogen-bond donors (Lipinski definition) is 1. The minimum absolute atomic E-state index is 0.0168. The van der Waals surface area contributed by atoms with E-state index in [1.54, 1.807) is 11.3 Å². The van der Waals surface area contributed by atoms with Gasteiger partial charge in [-0.05, 0) is 32.9 Å². The van der Waals surface area contributed by atoms with Gasteiger partial charge in [0.15, 0.2) is 0 Å². The van der Waals surface area contributed by atoms with E-state index in [1.165, 1.54) is 19.3 Å². The van der Waals surface area contributed by atoms with Crippen LogP contribution in [0.2, 0.25) is 0 Å². The molecule has 6 nitrogen and oxygen atoms in total. The summed E-state index contributed by atoms with van der Waals surface area (Å²) in [5.74, 6) is 0.0168. The minimum Gasteiger partial charge on any atom is -0.379 e. The number of likely N-dealkylation sites (tertiary alicyclic amines) is 1. The average molecular weight is 353 g/mol. The number of piperidine rings is 1. The molecule has 1 aromatic heterocycles. The van der Waals surface area contributed by atoms with Crippen molar-refractivity contribution in [2.45, 2.75) is 32.7 Å². The van der Waals surface area contributed by atoms with Crippen molar-refractivity contribution < 1.29 is 9.53 Å². The van der Waals surface area contributed by atoms with E-state index in [1.807, 2.05) is 6.92 Å². The zero-order chi connectivity index (χ0) is 16.8. The molecule has 0 atom stereocenters. The quantitative estimate of drug-likeness (QED) is 0.841. The minimum atomic E-state index is 0.0168. The fourth-order valence-electron chi connectivity index (χ4n) is 3.27. The SMILES string of the molecule is Cc1nc(CN2CCCCC2)sc1C(=O)NCCN1CCOCC1. The van der Waals surface area contributed by atoms with E-state index in [0.717, 1.165) is 68.1 Å². The third-order valence-electron chi connectivity index (χ3n) is 4.67. The summed E-state index contributed by atoms with van der Waals surface area (Å²) in [7, 11) is 0. The molecular formula is C17H28N4O2S. The van der Waals surface area contributed by atoms with Gasteiger partial charge in [-0.3, -0.25) is 14.6 Å². The van der Waals surface area contributed by atoms with Gasteiger partial charge in [-0.1, -0.05) is 6.42 Å². The Bertz CT molecular complexity index is 537. The normalized spacial score (nSPS) is 20.2. The summed E-state index contributed by atoms with van der Waals surface area (Å²) >= 11 is 1.55. The molecule has 3 rings (SSSR count). The Morgan fingerprint density at radius 1 is 1.17 bits per heavy atom. The summed E-state index contributed by atoms with van der Waals surface area (Å²) in [6.07, 6.45) is 3.89. The highest BCUT2D eigenvalue weighted by atomic mass is 32.1. The second kappa shape index (κ2) is 8.89. The molecule has 2 fully saturated rings. The molecule has 1 aromatic rings. The molecule has 0 aliphatic carbocycles. The summed E-state index contributed by atoms with van der Waals surface area (Å²) in [4.78, 5) is 22.6. The molecule has 2 saturated heterocycles. The number of carbonyl (C=O) groups excluding carboxylic acids is 1. The zero-order valence-electron chi connectivity index (χ0n) is 14.6. The van der Waals surface area contributed by atoms with Crippen molar-refractivity contribution in [3.8, 4) is 0 Å². The predicted molar refractivity (Wildman–Crippen MR) is 95.6 cm³/mol. The smallest absolute Gasteiger partial charge is 0.263 e. The van der Waals surface area contributed by atoms with Gasteiger partial charge in [-0.15, -0.1) is 11.3 Å². The molecule has 24 heavy (non-hydrogen) atoms. The Kier molecular flexibility index (Phi) is 6.59. The molecule has 0 radical (unpaired) electrons. The van der Waals surface area contributed by atoms with Crippen LogP contribution in [0.25, 0.3) is 0 Å². The van der Waals surface area contributed by atoms with Crippen LogP contribution in [0.5, 0.6) is 0 Å². The Labute approximate surface area is 148 Å². The first-order valence-electron chi connectivity index (χ1n) is 8.99. The average Bonchev–Trinajstić information content (AvgIpc) is 2.97. The van der Waals surface area contributed by atoms with Gasteiger partial charge in [0, 0.05) is 26.2 Å². The summed E-state index contributed by atoms with van der Waals surface area (Å²) in [6.45, 7) is 10.2. The van der Waals surface area contributed by atoms with E-state index in [2.05, 4.69) is 20.1 Å². The molecule has 2 aliphatic rings. The van der Waals surface area contributed by atoms with Crippen LogP contribution in [0.1, 0.15) is 39.6 Å². The maximum atomic E-state index is 12.4. The number of ether oxygens (including phenoxy) is 1. The number of rotatable bonds is 6. The number of aryl methyl sites for hydroxylation is 1. The Balaban J connectivity index is 1.47. The number of hydrogen-bond acceptors (Lipinski definition) is 6. The standard InChI is InChI=1S/C17H28N4O2S/c1-14-16(17(22)18-5-8-20-9-11-23-12-10-20)24-15(19-14)13-21-6-3-2-4-7-21/h2-13H2,1H3,(H,18,22). The van der Waals surface area contributed by atoms with E-state index < -0.39 is 0 Å². The fourth-order valence-corrected chi connectivity index (χ4v) is 4.30. The fraction of sp³-hybridized carbons (Fsp3) is 0.765. The summed E-state index contributed by atoms with van der Waals surface area (Å²) in [5, 5.41) is 4.10. The van der Waals surface area contributed by atoms with Crippen LogP contribution in [-0.2, 0) is 11.3 Å². The number of amides is 1. The maximum Gasteiger partial charge on any atom is 0.263 e. The van der Waals surface area contributed by atoms with Crippen LogP contribution in [0.15, 0.2) is 0 Å². The summed E-state index contributed by atoms with van der Waals surface area (Å²) in [6, 6.07) is 0. The van der Waals surface area contributed by atoms with Crippen molar-refractivity contribution in [2.75, 3.05) is 52.5 Å². The Hall–Kier alpha value is -1.02. The van der Waals surface area contributed by atoms with Gasteiger partial charge in [-0.2, -0.15) is 0 Å². The third-order valence-corrected chi connectivity index (χ3v) is 5.81. The Morgan fingerprint density at radius 2 is 1.92 bits per heavy atom. The van der Waals surface area contributed by atoms with Crippen molar-refractivity contribution >= 4 is 17.2 Å². The highest BCUT2D eigenvalue weighted by Crippen LogP contribution is 2.21. The molecular weight excluding hydrogens is 324 g/mol. The summed E-state index contributed by atoms with van der Waals surface area (Å²) < 4.78 is 5.34. The van der Waals surface area contributed by atoms with Crippen LogP contribution in [-0.4, -0.2) is 73.2 Å². The third kappa shape index (κ3) is 4.99. The van der Waals surface area contributed by atoms with Crippen molar-refractivity contribution in [3.05, 3.63) is 15.6 Å². The van der Waals surface area contributed by atoms with Gasteiger partial charge in [0.05, 0.1) is 25.5 Å². The second-order valence-electron chi connectivity index (χ2n) is 6.57. The number of nitrogens with one attached hydrogen (secondary N) is 1. The molecule has 0 aromatic carbocycles. The molecule has 7 heteroatoms. The lowest BCUT2D eigenvalue weighted by Gasteiger charge is -2.26. The van der Waals surface area contributed by atoms with Crippen LogP contribution >= 0.6 is 11.3 Å². The van der Waals surface area contributed by atoms with Crippen molar-refractivity contribution in [1.82, 2.24) is 20.1 Å². The number of aromatic nitrogens is 1. The highest BCUT2D eigenvalue weighted by molar-refractivity contribution is 7.13. The molecule has 2 aliphatic heterocycles. The maximum absolute atomic E-state index is 12.4. The predicted octanol–water partition coefficient (Wildman–Crippen LogP) is 1.50. The molecule has 0 unspecified atom stereocenters. The lowest BCUT2D eigenvalue weighted by molar-refractivity contribution is 0.0383. The lowest BCUT2D eigenvalue weighted by Crippen LogP contribution is -2.41. The van der Waals surface area contributed by atoms with Crippen molar-refractivity contribution in [3.63, 3.8) is 0 Å². The topological polar surface area (TPSA) is 57.7 Å². The first kappa shape index (κ1) is 17.8. The number of morpholine rings is 1. The molecule has 1 amide bonds. The first-order chi connectivity index (χ1) is 11.7. The van der Waals surface area contributed by atoms with Gasteiger partial charge in [0.25, 0.3) is 5.91 Å². The van der Waals surface area contributed by atoms with E-state index >= 15 is 0 Å². The first-order valence-corrected chi connectivity index (χ1v) is 9.81.